The lowest BCUT2D eigenvalue weighted by atomic mass is 10.1. The summed E-state index contributed by atoms with van der Waals surface area (Å²) in [7, 11) is 1.32. The van der Waals surface area contributed by atoms with Gasteiger partial charge in [-0.05, 0) is 22.9 Å². The molecule has 2 amide bonds. The predicted molar refractivity (Wildman–Crippen MR) is 93.1 cm³/mol. The van der Waals surface area contributed by atoms with Crippen LogP contribution in [0.15, 0.2) is 34.3 Å². The molecular weight excluding hydrogens is 348 g/mol. The first-order valence-electron chi connectivity index (χ1n) is 7.30. The highest BCUT2D eigenvalue weighted by molar-refractivity contribution is 7.10. The van der Waals surface area contributed by atoms with Gasteiger partial charge in [0, 0.05) is 28.8 Å². The normalized spacial score (nSPS) is 11.5. The van der Waals surface area contributed by atoms with E-state index in [1.54, 1.807) is 11.4 Å². The maximum absolute atomic E-state index is 12.1. The van der Waals surface area contributed by atoms with Gasteiger partial charge in [-0.1, -0.05) is 6.07 Å². The summed E-state index contributed by atoms with van der Waals surface area (Å²) in [5.74, 6) is -0.823. The molecule has 1 atom stereocenters. The van der Waals surface area contributed by atoms with E-state index in [4.69, 9.17) is 0 Å². The molecule has 0 unspecified atom stereocenters. The van der Waals surface area contributed by atoms with E-state index in [1.807, 2.05) is 22.9 Å². The molecule has 0 spiro atoms. The first-order chi connectivity index (χ1) is 11.6. The Labute approximate surface area is 147 Å². The summed E-state index contributed by atoms with van der Waals surface area (Å²) < 4.78 is 4.67. The van der Waals surface area contributed by atoms with Crippen LogP contribution in [0.3, 0.4) is 0 Å². The van der Waals surface area contributed by atoms with Gasteiger partial charge in [-0.15, -0.1) is 11.3 Å². The predicted octanol–water partition coefficient (Wildman–Crippen LogP) is 2.35. The maximum atomic E-state index is 12.1. The van der Waals surface area contributed by atoms with Gasteiger partial charge >= 0.3 is 5.97 Å². The third-order valence-corrected chi connectivity index (χ3v) is 4.91. The van der Waals surface area contributed by atoms with Gasteiger partial charge < -0.3 is 15.4 Å². The van der Waals surface area contributed by atoms with Crippen molar-refractivity contribution < 1.29 is 19.1 Å². The van der Waals surface area contributed by atoms with Crippen LogP contribution < -0.4 is 10.6 Å². The smallest absolute Gasteiger partial charge is 0.307 e. The molecule has 2 N–H and O–H groups in total. The Bertz CT molecular complexity index is 668. The summed E-state index contributed by atoms with van der Waals surface area (Å²) in [6, 6.07) is 5.02. The van der Waals surface area contributed by atoms with Crippen LogP contribution in [0.4, 0.5) is 0 Å². The SMILES string of the molecule is COC(=O)C[C@H](NC(=O)CCNC(=O)c1ccsc1)c1cccs1. The zero-order chi connectivity index (χ0) is 17.4. The van der Waals surface area contributed by atoms with Crippen LogP contribution in [0, 0.1) is 0 Å². The molecule has 0 aliphatic rings. The van der Waals surface area contributed by atoms with Crippen LogP contribution in [0.25, 0.3) is 0 Å². The van der Waals surface area contributed by atoms with E-state index in [0.717, 1.165) is 4.88 Å². The van der Waals surface area contributed by atoms with Crippen LogP contribution in [0.1, 0.15) is 34.1 Å². The Balaban J connectivity index is 1.82. The Morgan fingerprint density at radius 3 is 2.71 bits per heavy atom. The first-order valence-corrected chi connectivity index (χ1v) is 9.12. The number of rotatable bonds is 8. The van der Waals surface area contributed by atoms with Gasteiger partial charge in [-0.25, -0.2) is 0 Å². The Hall–Kier alpha value is -2.19. The van der Waals surface area contributed by atoms with Gasteiger partial charge in [-0.3, -0.25) is 14.4 Å². The lowest BCUT2D eigenvalue weighted by Crippen LogP contribution is -2.33. The Morgan fingerprint density at radius 1 is 1.25 bits per heavy atom. The molecule has 2 rings (SSSR count). The summed E-state index contributed by atoms with van der Waals surface area (Å²) in [5, 5.41) is 11.0. The Morgan fingerprint density at radius 2 is 2.08 bits per heavy atom. The minimum absolute atomic E-state index is 0.0734. The quantitative estimate of drug-likeness (QED) is 0.703. The van der Waals surface area contributed by atoms with Crippen molar-refractivity contribution >= 4 is 40.5 Å². The summed E-state index contributed by atoms with van der Waals surface area (Å²) in [6.07, 6.45) is 0.211. The maximum Gasteiger partial charge on any atom is 0.307 e. The molecule has 0 aliphatic carbocycles. The number of hydrogen-bond acceptors (Lipinski definition) is 6. The molecule has 2 heterocycles. The summed E-state index contributed by atoms with van der Waals surface area (Å²) in [4.78, 5) is 36.3. The molecular formula is C16H18N2O4S2. The highest BCUT2D eigenvalue weighted by atomic mass is 32.1. The molecule has 128 valence electrons. The second kappa shape index (κ2) is 9.19. The van der Waals surface area contributed by atoms with Crippen molar-refractivity contribution in [3.63, 3.8) is 0 Å². The van der Waals surface area contributed by atoms with Gasteiger partial charge in [0.15, 0.2) is 0 Å². The number of methoxy groups -OCH3 is 1. The van der Waals surface area contributed by atoms with Gasteiger partial charge in [-0.2, -0.15) is 11.3 Å². The zero-order valence-electron chi connectivity index (χ0n) is 13.1. The number of thiophene rings is 2. The highest BCUT2D eigenvalue weighted by Gasteiger charge is 2.19. The monoisotopic (exact) mass is 366 g/mol. The van der Waals surface area contributed by atoms with Crippen LogP contribution in [-0.2, 0) is 14.3 Å². The first kappa shape index (κ1) is 18.2. The molecule has 24 heavy (non-hydrogen) atoms. The molecule has 0 aromatic carbocycles. The molecule has 0 saturated heterocycles. The minimum atomic E-state index is -0.419. The van der Waals surface area contributed by atoms with Crippen LogP contribution >= 0.6 is 22.7 Å². The van der Waals surface area contributed by atoms with Crippen molar-refractivity contribution in [2.24, 2.45) is 0 Å². The zero-order valence-corrected chi connectivity index (χ0v) is 14.7. The topological polar surface area (TPSA) is 84.5 Å². The van der Waals surface area contributed by atoms with Crippen molar-refractivity contribution in [2.75, 3.05) is 13.7 Å². The standard InChI is InChI=1S/C16H18N2O4S2/c1-22-15(20)9-12(13-3-2-7-24-13)18-14(19)4-6-17-16(21)11-5-8-23-10-11/h2-3,5,7-8,10,12H,4,6,9H2,1H3,(H,17,21)(H,18,19)/t12-/m0/s1. The number of nitrogens with one attached hydrogen (secondary N) is 2. The van der Waals surface area contributed by atoms with E-state index in [0.29, 0.717) is 5.56 Å². The number of carbonyl (C=O) groups excluding carboxylic acids is 3. The van der Waals surface area contributed by atoms with E-state index in [1.165, 1.54) is 29.8 Å². The van der Waals surface area contributed by atoms with Crippen molar-refractivity contribution in [3.05, 3.63) is 44.8 Å². The fraction of sp³-hybridized carbons (Fsp3) is 0.312. The van der Waals surface area contributed by atoms with Gasteiger partial charge in [0.05, 0.1) is 19.6 Å². The van der Waals surface area contributed by atoms with Crippen molar-refractivity contribution in [1.29, 1.82) is 0 Å². The molecule has 6 nitrogen and oxygen atoms in total. The Kier molecular flexibility index (Phi) is 6.95. The van der Waals surface area contributed by atoms with Gasteiger partial charge in [0.1, 0.15) is 0 Å². The number of carbonyl (C=O) groups is 3. The average Bonchev–Trinajstić information content (AvgIpc) is 3.27. The summed E-state index contributed by atoms with van der Waals surface area (Å²) in [6.45, 7) is 0.232. The summed E-state index contributed by atoms with van der Waals surface area (Å²) >= 11 is 2.90. The van der Waals surface area contributed by atoms with Crippen molar-refractivity contribution in [3.8, 4) is 0 Å². The van der Waals surface area contributed by atoms with Crippen LogP contribution in [-0.4, -0.2) is 31.4 Å². The third kappa shape index (κ3) is 5.47. The van der Waals surface area contributed by atoms with Crippen molar-refractivity contribution in [1.82, 2.24) is 10.6 Å². The second-order valence-electron chi connectivity index (χ2n) is 4.93. The number of amides is 2. The van der Waals surface area contributed by atoms with Crippen LogP contribution in [0.5, 0.6) is 0 Å². The number of hydrogen-bond donors (Lipinski definition) is 2. The minimum Gasteiger partial charge on any atom is -0.469 e. The van der Waals surface area contributed by atoms with Gasteiger partial charge in [0.25, 0.3) is 5.91 Å². The molecule has 0 aliphatic heterocycles. The average molecular weight is 366 g/mol. The fourth-order valence-electron chi connectivity index (χ4n) is 2.01. The number of ether oxygens (including phenoxy) is 1. The third-order valence-electron chi connectivity index (χ3n) is 3.24. The second-order valence-corrected chi connectivity index (χ2v) is 6.69. The van der Waals surface area contributed by atoms with E-state index < -0.39 is 6.04 Å². The molecule has 8 heteroatoms. The fourth-order valence-corrected chi connectivity index (χ4v) is 3.43. The molecule has 2 aromatic rings. The largest absolute Gasteiger partial charge is 0.469 e. The lowest BCUT2D eigenvalue weighted by molar-refractivity contribution is -0.141. The van der Waals surface area contributed by atoms with E-state index in [-0.39, 0.29) is 37.2 Å². The molecule has 2 aromatic heterocycles. The van der Waals surface area contributed by atoms with Gasteiger partial charge in [0.2, 0.25) is 5.91 Å². The molecule has 0 radical (unpaired) electrons. The molecule has 0 bridgehead atoms. The lowest BCUT2D eigenvalue weighted by Gasteiger charge is -2.16. The van der Waals surface area contributed by atoms with Crippen molar-refractivity contribution in [2.45, 2.75) is 18.9 Å². The van der Waals surface area contributed by atoms with Crippen LogP contribution in [0.2, 0.25) is 0 Å². The molecule has 0 saturated carbocycles. The van der Waals surface area contributed by atoms with E-state index in [2.05, 4.69) is 15.4 Å². The van der Waals surface area contributed by atoms with E-state index >= 15 is 0 Å². The number of esters is 1. The van der Waals surface area contributed by atoms with E-state index in [9.17, 15) is 14.4 Å². The highest BCUT2D eigenvalue weighted by Crippen LogP contribution is 2.22. The summed E-state index contributed by atoms with van der Waals surface area (Å²) in [5.41, 5.74) is 0.586. The molecule has 0 fully saturated rings.